The maximum absolute atomic E-state index is 11.9. The van der Waals surface area contributed by atoms with Gasteiger partial charge in [-0.3, -0.25) is 9.59 Å². The second-order valence-corrected chi connectivity index (χ2v) is 5.25. The minimum atomic E-state index is -0.214. The molecule has 5 nitrogen and oxygen atoms in total. The van der Waals surface area contributed by atoms with Gasteiger partial charge in [0.05, 0.1) is 7.11 Å². The van der Waals surface area contributed by atoms with E-state index in [9.17, 15) is 9.59 Å². The van der Waals surface area contributed by atoms with Crippen molar-refractivity contribution in [2.45, 2.75) is 38.5 Å². The summed E-state index contributed by atoms with van der Waals surface area (Å²) in [5, 5.41) is 3.36. The summed E-state index contributed by atoms with van der Waals surface area (Å²) < 4.78 is 4.57. The Balaban J connectivity index is 2.11. The number of methoxy groups -OCH3 is 1. The zero-order valence-electron chi connectivity index (χ0n) is 12.1. The Morgan fingerprint density at radius 3 is 2.79 bits per heavy atom. The maximum atomic E-state index is 11.9. The minimum absolute atomic E-state index is 0.176. The molecule has 19 heavy (non-hydrogen) atoms. The number of carbonyl (C=O) groups excluding carboxylic acids is 2. The second kappa shape index (κ2) is 8.91. The summed E-state index contributed by atoms with van der Waals surface area (Å²) in [5.41, 5.74) is 0. The van der Waals surface area contributed by atoms with Gasteiger partial charge in [0.25, 0.3) is 0 Å². The summed E-state index contributed by atoms with van der Waals surface area (Å²) >= 11 is 0. The smallest absolute Gasteiger partial charge is 0.305 e. The van der Waals surface area contributed by atoms with Crippen LogP contribution >= 0.6 is 0 Å². The maximum Gasteiger partial charge on any atom is 0.305 e. The molecule has 0 saturated carbocycles. The molecule has 0 aromatic heterocycles. The number of esters is 1. The third-order valence-electron chi connectivity index (χ3n) is 3.69. The van der Waals surface area contributed by atoms with E-state index in [-0.39, 0.29) is 11.9 Å². The largest absolute Gasteiger partial charge is 0.469 e. The van der Waals surface area contributed by atoms with E-state index in [1.54, 1.807) is 11.9 Å². The molecule has 1 N–H and O–H groups in total. The van der Waals surface area contributed by atoms with Crippen molar-refractivity contribution < 1.29 is 14.3 Å². The Morgan fingerprint density at radius 1 is 1.37 bits per heavy atom. The molecule has 1 heterocycles. The first-order valence-corrected chi connectivity index (χ1v) is 7.15. The van der Waals surface area contributed by atoms with Gasteiger partial charge in [-0.1, -0.05) is 0 Å². The number of nitrogens with one attached hydrogen (secondary N) is 1. The van der Waals surface area contributed by atoms with Gasteiger partial charge in [0.1, 0.15) is 0 Å². The van der Waals surface area contributed by atoms with Crippen molar-refractivity contribution >= 4 is 11.9 Å². The third kappa shape index (κ3) is 6.57. The first-order chi connectivity index (χ1) is 9.13. The summed E-state index contributed by atoms with van der Waals surface area (Å²) in [6.45, 7) is 2.77. The number of nitrogens with zero attached hydrogens (tertiary/aromatic N) is 1. The molecule has 1 aliphatic rings. The number of hydrogen-bond acceptors (Lipinski definition) is 4. The van der Waals surface area contributed by atoms with E-state index in [0.29, 0.717) is 31.7 Å². The summed E-state index contributed by atoms with van der Waals surface area (Å²) in [7, 11) is 3.19. The predicted molar refractivity (Wildman–Crippen MR) is 73.7 cm³/mol. The first kappa shape index (κ1) is 16.0. The fourth-order valence-electron chi connectivity index (χ4n) is 2.38. The Labute approximate surface area is 115 Å². The second-order valence-electron chi connectivity index (χ2n) is 5.25. The molecule has 0 aromatic rings. The van der Waals surface area contributed by atoms with E-state index in [0.717, 1.165) is 19.5 Å². The zero-order valence-corrected chi connectivity index (χ0v) is 12.1. The highest BCUT2D eigenvalue weighted by atomic mass is 16.5. The lowest BCUT2D eigenvalue weighted by molar-refractivity contribution is -0.141. The highest BCUT2D eigenvalue weighted by Crippen LogP contribution is 2.16. The van der Waals surface area contributed by atoms with Gasteiger partial charge in [0, 0.05) is 26.4 Å². The van der Waals surface area contributed by atoms with Gasteiger partial charge in [0.2, 0.25) is 5.91 Å². The molecule has 1 aliphatic heterocycles. The lowest BCUT2D eigenvalue weighted by atomic mass is 9.94. The highest BCUT2D eigenvalue weighted by molar-refractivity contribution is 5.76. The van der Waals surface area contributed by atoms with Crippen LogP contribution in [0.3, 0.4) is 0 Å². The topological polar surface area (TPSA) is 58.6 Å². The SMILES string of the molecule is COC(=O)CCCN(C)C(=O)CCC1CCCNC1. The Kier molecular flexibility index (Phi) is 7.48. The quantitative estimate of drug-likeness (QED) is 0.706. The molecule has 0 radical (unpaired) electrons. The molecule has 0 spiro atoms. The molecule has 1 amide bonds. The molecule has 1 unspecified atom stereocenters. The van der Waals surface area contributed by atoms with E-state index in [1.807, 2.05) is 0 Å². The van der Waals surface area contributed by atoms with Gasteiger partial charge in [-0.05, 0) is 44.7 Å². The van der Waals surface area contributed by atoms with Gasteiger partial charge >= 0.3 is 5.97 Å². The summed E-state index contributed by atoms with van der Waals surface area (Å²) in [6, 6.07) is 0. The van der Waals surface area contributed by atoms with Crippen LogP contribution in [0.15, 0.2) is 0 Å². The third-order valence-corrected chi connectivity index (χ3v) is 3.69. The minimum Gasteiger partial charge on any atom is -0.469 e. The number of rotatable bonds is 7. The molecular formula is C14H26N2O3. The lowest BCUT2D eigenvalue weighted by Crippen LogP contribution is -2.32. The highest BCUT2D eigenvalue weighted by Gasteiger charge is 2.16. The van der Waals surface area contributed by atoms with Gasteiger partial charge in [-0.2, -0.15) is 0 Å². The van der Waals surface area contributed by atoms with Crippen LogP contribution in [-0.4, -0.2) is 50.6 Å². The van der Waals surface area contributed by atoms with Crippen LogP contribution in [0, 0.1) is 5.92 Å². The average Bonchev–Trinajstić information content (AvgIpc) is 2.45. The van der Waals surface area contributed by atoms with Crippen LogP contribution < -0.4 is 5.32 Å². The van der Waals surface area contributed by atoms with Crippen LogP contribution in [0.2, 0.25) is 0 Å². The van der Waals surface area contributed by atoms with E-state index in [2.05, 4.69) is 10.1 Å². The van der Waals surface area contributed by atoms with Crippen LogP contribution in [0.25, 0.3) is 0 Å². The standard InChI is InChI=1S/C14H26N2O3/c1-16(10-4-6-14(18)19-2)13(17)8-7-12-5-3-9-15-11-12/h12,15H,3-11H2,1-2H3. The number of ether oxygens (including phenoxy) is 1. The monoisotopic (exact) mass is 270 g/mol. The van der Waals surface area contributed by atoms with Crippen LogP contribution in [-0.2, 0) is 14.3 Å². The van der Waals surface area contributed by atoms with Crippen LogP contribution in [0.4, 0.5) is 0 Å². The van der Waals surface area contributed by atoms with E-state index in [4.69, 9.17) is 0 Å². The van der Waals surface area contributed by atoms with Gasteiger partial charge in [0.15, 0.2) is 0 Å². The van der Waals surface area contributed by atoms with Crippen LogP contribution in [0.5, 0.6) is 0 Å². The zero-order chi connectivity index (χ0) is 14.1. The summed E-state index contributed by atoms with van der Waals surface area (Å²) in [5.74, 6) is 0.603. The molecule has 0 bridgehead atoms. The summed E-state index contributed by atoms with van der Waals surface area (Å²) in [4.78, 5) is 24.6. The molecule has 0 aliphatic carbocycles. The molecule has 1 saturated heterocycles. The molecule has 5 heteroatoms. The van der Waals surface area contributed by atoms with Crippen molar-refractivity contribution in [1.82, 2.24) is 10.2 Å². The lowest BCUT2D eigenvalue weighted by Gasteiger charge is -2.23. The van der Waals surface area contributed by atoms with Gasteiger partial charge in [-0.15, -0.1) is 0 Å². The predicted octanol–water partition coefficient (Wildman–Crippen LogP) is 1.18. The van der Waals surface area contributed by atoms with Crippen molar-refractivity contribution in [3.63, 3.8) is 0 Å². The number of carbonyl (C=O) groups is 2. The number of amides is 1. The molecule has 1 rings (SSSR count). The van der Waals surface area contributed by atoms with Crippen molar-refractivity contribution in [2.75, 3.05) is 33.8 Å². The van der Waals surface area contributed by atoms with Crippen molar-refractivity contribution in [1.29, 1.82) is 0 Å². The van der Waals surface area contributed by atoms with E-state index >= 15 is 0 Å². The molecule has 0 aromatic carbocycles. The van der Waals surface area contributed by atoms with Gasteiger partial charge < -0.3 is 15.0 Å². The molecule has 1 fully saturated rings. The van der Waals surface area contributed by atoms with Crippen molar-refractivity contribution in [3.8, 4) is 0 Å². The average molecular weight is 270 g/mol. The van der Waals surface area contributed by atoms with Crippen molar-refractivity contribution in [2.24, 2.45) is 5.92 Å². The van der Waals surface area contributed by atoms with E-state index in [1.165, 1.54) is 20.0 Å². The Morgan fingerprint density at radius 2 is 2.16 bits per heavy atom. The molecule has 110 valence electrons. The Bertz CT molecular complexity index is 288. The Hall–Kier alpha value is -1.10. The number of piperidine rings is 1. The van der Waals surface area contributed by atoms with E-state index < -0.39 is 0 Å². The fraction of sp³-hybridized carbons (Fsp3) is 0.857. The summed E-state index contributed by atoms with van der Waals surface area (Å²) in [6.07, 6.45) is 5.06. The molecule has 1 atom stereocenters. The van der Waals surface area contributed by atoms with Crippen molar-refractivity contribution in [3.05, 3.63) is 0 Å². The number of hydrogen-bond donors (Lipinski definition) is 1. The first-order valence-electron chi connectivity index (χ1n) is 7.15. The fourth-order valence-corrected chi connectivity index (χ4v) is 2.38. The molecular weight excluding hydrogens is 244 g/mol. The van der Waals surface area contributed by atoms with Gasteiger partial charge in [-0.25, -0.2) is 0 Å². The normalized spacial score (nSPS) is 18.9. The van der Waals surface area contributed by atoms with Crippen LogP contribution in [0.1, 0.15) is 38.5 Å².